The predicted molar refractivity (Wildman–Crippen MR) is 106 cm³/mol. The monoisotopic (exact) mass is 373 g/mol. The number of hydrogen-bond acceptors (Lipinski definition) is 4. The Labute approximate surface area is 162 Å². The van der Waals surface area contributed by atoms with Crippen LogP contribution >= 0.6 is 0 Å². The summed E-state index contributed by atoms with van der Waals surface area (Å²) in [5.74, 6) is -0.251. The van der Waals surface area contributed by atoms with Gasteiger partial charge >= 0.3 is 0 Å². The molecule has 0 spiro atoms. The van der Waals surface area contributed by atoms with Gasteiger partial charge in [0, 0.05) is 36.6 Å². The highest BCUT2D eigenvalue weighted by Gasteiger charge is 2.14. The molecule has 2 heterocycles. The van der Waals surface area contributed by atoms with E-state index in [-0.39, 0.29) is 12.4 Å². The predicted octanol–water partition coefficient (Wildman–Crippen LogP) is 3.82. The van der Waals surface area contributed by atoms with Crippen LogP contribution in [0.15, 0.2) is 79.1 Å². The number of aromatic nitrogens is 4. The highest BCUT2D eigenvalue weighted by molar-refractivity contribution is 5.60. The fourth-order valence-electron chi connectivity index (χ4n) is 3.00. The second-order valence-electron chi connectivity index (χ2n) is 6.44. The van der Waals surface area contributed by atoms with Gasteiger partial charge in [-0.2, -0.15) is 15.0 Å². The fraction of sp³-hybridized carbons (Fsp3) is 0.136. The van der Waals surface area contributed by atoms with Gasteiger partial charge in [-0.15, -0.1) is 0 Å². The van der Waals surface area contributed by atoms with Crippen molar-refractivity contribution in [1.82, 2.24) is 25.3 Å². The summed E-state index contributed by atoms with van der Waals surface area (Å²) in [6.07, 6.45) is 3.55. The van der Waals surface area contributed by atoms with Gasteiger partial charge in [0.15, 0.2) is 0 Å². The van der Waals surface area contributed by atoms with Crippen LogP contribution in [-0.2, 0) is 19.6 Å². The van der Waals surface area contributed by atoms with Crippen molar-refractivity contribution in [1.29, 1.82) is 0 Å². The lowest BCUT2D eigenvalue weighted by molar-refractivity contribution is 0.543. The molecule has 0 bridgehead atoms. The Bertz CT molecular complexity index is 1030. The van der Waals surface area contributed by atoms with Crippen LogP contribution in [-0.4, -0.2) is 20.0 Å². The lowest BCUT2D eigenvalue weighted by Crippen LogP contribution is -2.14. The van der Waals surface area contributed by atoms with E-state index in [9.17, 15) is 4.39 Å². The Morgan fingerprint density at radius 1 is 0.821 bits per heavy atom. The normalized spacial score (nSPS) is 10.9. The topological polar surface area (TPSA) is 55.6 Å². The van der Waals surface area contributed by atoms with Crippen molar-refractivity contribution in [3.8, 4) is 11.3 Å². The van der Waals surface area contributed by atoms with E-state index < -0.39 is 0 Å². The zero-order valence-corrected chi connectivity index (χ0v) is 15.3. The Hall–Kier alpha value is -3.38. The molecule has 6 heteroatoms. The molecule has 0 aliphatic heterocycles. The quantitative estimate of drug-likeness (QED) is 0.535. The number of nitrogens with one attached hydrogen (secondary N) is 1. The van der Waals surface area contributed by atoms with E-state index in [2.05, 4.69) is 20.5 Å². The minimum absolute atomic E-state index is 0.251. The minimum atomic E-state index is -0.251. The van der Waals surface area contributed by atoms with Crippen LogP contribution in [0.5, 0.6) is 0 Å². The highest BCUT2D eigenvalue weighted by Crippen LogP contribution is 2.20. The van der Waals surface area contributed by atoms with Crippen LogP contribution in [0.1, 0.15) is 16.8 Å². The smallest absolute Gasteiger partial charge is 0.128 e. The van der Waals surface area contributed by atoms with E-state index in [0.29, 0.717) is 18.7 Å². The lowest BCUT2D eigenvalue weighted by atomic mass is 10.1. The van der Waals surface area contributed by atoms with Crippen molar-refractivity contribution in [3.05, 3.63) is 102 Å². The molecule has 0 unspecified atom stereocenters. The van der Waals surface area contributed by atoms with Crippen molar-refractivity contribution in [2.75, 3.05) is 0 Å². The summed E-state index contributed by atoms with van der Waals surface area (Å²) in [6, 6.07) is 20.6. The number of halogens is 1. The van der Waals surface area contributed by atoms with Gasteiger partial charge in [-0.05, 0) is 23.8 Å². The third-order valence-electron chi connectivity index (χ3n) is 4.41. The van der Waals surface area contributed by atoms with E-state index in [4.69, 9.17) is 0 Å². The molecule has 0 amide bonds. The third-order valence-corrected chi connectivity index (χ3v) is 4.41. The molecule has 4 aromatic rings. The molecule has 5 nitrogen and oxygen atoms in total. The molecule has 0 fully saturated rings. The maximum absolute atomic E-state index is 14.0. The van der Waals surface area contributed by atoms with Crippen molar-refractivity contribution < 1.29 is 4.39 Å². The van der Waals surface area contributed by atoms with Crippen LogP contribution in [0.4, 0.5) is 4.39 Å². The van der Waals surface area contributed by atoms with Gasteiger partial charge in [0.2, 0.25) is 0 Å². The first-order valence-electron chi connectivity index (χ1n) is 9.12. The Morgan fingerprint density at radius 3 is 2.36 bits per heavy atom. The molecule has 140 valence electrons. The number of hydrogen-bond donors (Lipinski definition) is 1. The molecule has 1 N–H and O–H groups in total. The molecule has 0 radical (unpaired) electrons. The first-order chi connectivity index (χ1) is 13.8. The molecule has 4 rings (SSSR count). The number of nitrogens with zero attached hydrogens (tertiary/aromatic N) is 4. The van der Waals surface area contributed by atoms with E-state index in [0.717, 1.165) is 22.5 Å². The van der Waals surface area contributed by atoms with Crippen LogP contribution in [0.25, 0.3) is 11.3 Å². The summed E-state index contributed by atoms with van der Waals surface area (Å²) in [5.41, 5.74) is 4.34. The zero-order valence-electron chi connectivity index (χ0n) is 15.3. The summed E-state index contributed by atoms with van der Waals surface area (Å²) in [7, 11) is 0. The van der Waals surface area contributed by atoms with E-state index >= 15 is 0 Å². The van der Waals surface area contributed by atoms with Crippen molar-refractivity contribution in [2.24, 2.45) is 0 Å². The van der Waals surface area contributed by atoms with Crippen LogP contribution in [0.3, 0.4) is 0 Å². The maximum Gasteiger partial charge on any atom is 0.128 e. The van der Waals surface area contributed by atoms with Crippen LogP contribution in [0, 0.1) is 5.82 Å². The molecule has 0 saturated heterocycles. The summed E-state index contributed by atoms with van der Waals surface area (Å²) in [6.45, 7) is 1.55. The molecule has 0 atom stereocenters. The van der Waals surface area contributed by atoms with Gasteiger partial charge in [0.05, 0.1) is 6.54 Å². The molecule has 0 saturated carbocycles. The van der Waals surface area contributed by atoms with Gasteiger partial charge < -0.3 is 5.32 Å². The van der Waals surface area contributed by atoms with E-state index in [1.54, 1.807) is 29.3 Å². The molecular formula is C22H20FN5. The minimum Gasteiger partial charge on any atom is -0.307 e. The standard InChI is InChI=1S/C22H20FN5/c23-20-9-5-4-8-19(20)16-28-26-21(15-25-14-17-10-12-24-13-11-17)22(27-28)18-6-2-1-3-7-18/h1-13,25H,14-16H2. The molecule has 2 aromatic carbocycles. The molecular weight excluding hydrogens is 353 g/mol. The summed E-state index contributed by atoms with van der Waals surface area (Å²) < 4.78 is 14.0. The molecule has 2 aromatic heterocycles. The summed E-state index contributed by atoms with van der Waals surface area (Å²) in [4.78, 5) is 5.59. The largest absolute Gasteiger partial charge is 0.307 e. The first-order valence-corrected chi connectivity index (χ1v) is 9.12. The van der Waals surface area contributed by atoms with Gasteiger partial charge in [0.1, 0.15) is 17.2 Å². The van der Waals surface area contributed by atoms with Gasteiger partial charge in [-0.1, -0.05) is 48.5 Å². The van der Waals surface area contributed by atoms with E-state index in [1.807, 2.05) is 48.5 Å². The van der Waals surface area contributed by atoms with Gasteiger partial charge in [0.25, 0.3) is 0 Å². The number of benzene rings is 2. The molecule has 0 aliphatic carbocycles. The van der Waals surface area contributed by atoms with Crippen molar-refractivity contribution >= 4 is 0 Å². The summed E-state index contributed by atoms with van der Waals surface area (Å²) in [5, 5.41) is 12.6. The Morgan fingerprint density at radius 2 is 1.57 bits per heavy atom. The second-order valence-corrected chi connectivity index (χ2v) is 6.44. The highest BCUT2D eigenvalue weighted by atomic mass is 19.1. The maximum atomic E-state index is 14.0. The van der Waals surface area contributed by atoms with Crippen molar-refractivity contribution in [2.45, 2.75) is 19.6 Å². The van der Waals surface area contributed by atoms with Gasteiger partial charge in [-0.3, -0.25) is 4.98 Å². The van der Waals surface area contributed by atoms with Crippen LogP contribution in [0.2, 0.25) is 0 Å². The van der Waals surface area contributed by atoms with Crippen molar-refractivity contribution in [3.63, 3.8) is 0 Å². The molecule has 28 heavy (non-hydrogen) atoms. The average Bonchev–Trinajstić information content (AvgIpc) is 3.14. The first kappa shape index (κ1) is 18.0. The molecule has 0 aliphatic rings. The Balaban J connectivity index is 1.56. The average molecular weight is 373 g/mol. The van der Waals surface area contributed by atoms with Crippen LogP contribution < -0.4 is 5.32 Å². The zero-order chi connectivity index (χ0) is 19.2. The number of pyridine rings is 1. The lowest BCUT2D eigenvalue weighted by Gasteiger charge is -2.04. The number of rotatable bonds is 7. The summed E-state index contributed by atoms with van der Waals surface area (Å²) >= 11 is 0. The second kappa shape index (κ2) is 8.54. The van der Waals surface area contributed by atoms with Gasteiger partial charge in [-0.25, -0.2) is 4.39 Å². The fourth-order valence-corrected chi connectivity index (χ4v) is 3.00. The SMILES string of the molecule is Fc1ccccc1Cn1nc(CNCc2ccncc2)c(-c2ccccc2)n1. The van der Waals surface area contributed by atoms with E-state index in [1.165, 1.54) is 6.07 Å². The Kier molecular flexibility index (Phi) is 5.49. The third kappa shape index (κ3) is 4.29.